The second-order valence-electron chi connectivity index (χ2n) is 3.53. The van der Waals surface area contributed by atoms with Gasteiger partial charge in [0.05, 0.1) is 7.11 Å². The van der Waals surface area contributed by atoms with Crippen molar-refractivity contribution < 1.29 is 23.0 Å². The molecule has 1 aromatic rings. The van der Waals surface area contributed by atoms with Crippen LogP contribution in [0, 0.1) is 0 Å². The van der Waals surface area contributed by atoms with Crippen LogP contribution in [0.15, 0.2) is 22.7 Å². The number of halogens is 3. The molecule has 0 radical (unpaired) electrons. The highest BCUT2D eigenvalue weighted by Crippen LogP contribution is 2.25. The summed E-state index contributed by atoms with van der Waals surface area (Å²) in [4.78, 5) is 11.1. The molecule has 0 bridgehead atoms. The number of benzene rings is 1. The quantitative estimate of drug-likeness (QED) is 0.754. The van der Waals surface area contributed by atoms with Crippen LogP contribution in [0.1, 0.15) is 12.0 Å². The second kappa shape index (κ2) is 7.31. The number of carbonyl (C=O) groups excluding carboxylic acids is 1. The summed E-state index contributed by atoms with van der Waals surface area (Å²) in [7, 11) is 1.30. The molecule has 0 spiro atoms. The monoisotopic (exact) mass is 322 g/mol. The van der Waals surface area contributed by atoms with Crippen LogP contribution in [-0.4, -0.2) is 26.1 Å². The summed E-state index contributed by atoms with van der Waals surface area (Å²) in [5.41, 5.74) is 0.690. The first-order chi connectivity index (χ1) is 8.52. The molecule has 100 valence electrons. The van der Waals surface area contributed by atoms with Crippen LogP contribution in [0.3, 0.4) is 0 Å². The van der Waals surface area contributed by atoms with Crippen molar-refractivity contribution in [3.8, 4) is 5.75 Å². The highest BCUT2D eigenvalue weighted by molar-refractivity contribution is 9.10. The van der Waals surface area contributed by atoms with Gasteiger partial charge < -0.3 is 9.47 Å². The van der Waals surface area contributed by atoms with E-state index in [0.29, 0.717) is 17.7 Å². The van der Waals surface area contributed by atoms with E-state index in [0.717, 1.165) is 4.47 Å². The van der Waals surface area contributed by atoms with Crippen LogP contribution in [0.25, 0.3) is 0 Å². The first-order valence-electron chi connectivity index (χ1n) is 5.29. The van der Waals surface area contributed by atoms with Crippen LogP contribution in [-0.2, 0) is 16.0 Å². The molecule has 6 heteroatoms. The van der Waals surface area contributed by atoms with Gasteiger partial charge in [0, 0.05) is 10.9 Å². The van der Waals surface area contributed by atoms with E-state index in [1.54, 1.807) is 18.2 Å². The number of hydrogen-bond acceptors (Lipinski definition) is 3. The maximum absolute atomic E-state index is 12.1. The SMILES string of the molecule is COC(=O)CCc1cc(Br)ccc1OCC(F)F. The third kappa shape index (κ3) is 5.00. The highest BCUT2D eigenvalue weighted by atomic mass is 79.9. The number of alkyl halides is 2. The molecule has 0 atom stereocenters. The van der Waals surface area contributed by atoms with Crippen LogP contribution in [0.4, 0.5) is 8.78 Å². The first kappa shape index (κ1) is 14.9. The zero-order valence-electron chi connectivity index (χ0n) is 9.79. The number of aryl methyl sites for hydroxylation is 1. The molecule has 1 rings (SSSR count). The second-order valence-corrected chi connectivity index (χ2v) is 4.45. The lowest BCUT2D eigenvalue weighted by Gasteiger charge is -2.11. The van der Waals surface area contributed by atoms with Crippen molar-refractivity contribution in [3.05, 3.63) is 28.2 Å². The van der Waals surface area contributed by atoms with Gasteiger partial charge in [-0.05, 0) is 30.2 Å². The Morgan fingerprint density at radius 1 is 1.44 bits per heavy atom. The fourth-order valence-electron chi connectivity index (χ4n) is 1.38. The Morgan fingerprint density at radius 2 is 2.17 bits per heavy atom. The maximum atomic E-state index is 12.1. The standard InChI is InChI=1S/C12H13BrF2O3/c1-17-12(16)5-2-8-6-9(13)3-4-10(8)18-7-11(14)15/h3-4,6,11H,2,5,7H2,1H3. The van der Waals surface area contributed by atoms with Crippen LogP contribution < -0.4 is 4.74 Å². The minimum Gasteiger partial charge on any atom is -0.487 e. The molecule has 0 aliphatic heterocycles. The van der Waals surface area contributed by atoms with E-state index in [2.05, 4.69) is 20.7 Å². The molecule has 0 aliphatic rings. The zero-order chi connectivity index (χ0) is 13.5. The van der Waals surface area contributed by atoms with E-state index < -0.39 is 13.0 Å². The Kier molecular flexibility index (Phi) is 6.04. The molecule has 0 aromatic heterocycles. The molecule has 0 aliphatic carbocycles. The number of ether oxygens (including phenoxy) is 2. The Balaban J connectivity index is 2.73. The molecule has 1 aromatic carbocycles. The van der Waals surface area contributed by atoms with Gasteiger partial charge in [0.15, 0.2) is 0 Å². The summed E-state index contributed by atoms with van der Waals surface area (Å²) in [6.45, 7) is -0.660. The molecule has 0 N–H and O–H groups in total. The highest BCUT2D eigenvalue weighted by Gasteiger charge is 2.10. The topological polar surface area (TPSA) is 35.5 Å². The van der Waals surface area contributed by atoms with Gasteiger partial charge in [0.25, 0.3) is 6.43 Å². The van der Waals surface area contributed by atoms with Gasteiger partial charge in [0.1, 0.15) is 12.4 Å². The maximum Gasteiger partial charge on any atom is 0.305 e. The smallest absolute Gasteiger partial charge is 0.305 e. The summed E-state index contributed by atoms with van der Waals surface area (Å²) >= 11 is 3.28. The average molecular weight is 323 g/mol. The summed E-state index contributed by atoms with van der Waals surface area (Å²) in [6, 6.07) is 5.03. The fourth-order valence-corrected chi connectivity index (χ4v) is 1.78. The summed E-state index contributed by atoms with van der Waals surface area (Å²) in [6.07, 6.45) is -1.97. The van der Waals surface area contributed by atoms with Crippen molar-refractivity contribution in [1.82, 2.24) is 0 Å². The normalized spacial score (nSPS) is 10.5. The third-order valence-electron chi connectivity index (χ3n) is 2.21. The van der Waals surface area contributed by atoms with Gasteiger partial charge in [-0.2, -0.15) is 0 Å². The summed E-state index contributed by atoms with van der Waals surface area (Å²) in [5, 5.41) is 0. The van der Waals surface area contributed by atoms with Gasteiger partial charge >= 0.3 is 5.97 Å². The van der Waals surface area contributed by atoms with E-state index in [4.69, 9.17) is 4.74 Å². The fraction of sp³-hybridized carbons (Fsp3) is 0.417. The molecule has 0 saturated carbocycles. The third-order valence-corrected chi connectivity index (χ3v) is 2.71. The minimum atomic E-state index is -2.53. The number of hydrogen-bond donors (Lipinski definition) is 0. The van der Waals surface area contributed by atoms with E-state index >= 15 is 0 Å². The lowest BCUT2D eigenvalue weighted by Crippen LogP contribution is -2.09. The number of rotatable bonds is 6. The number of carbonyl (C=O) groups is 1. The molecule has 0 heterocycles. The van der Waals surface area contributed by atoms with E-state index in [1.807, 2.05) is 0 Å². The van der Waals surface area contributed by atoms with Crippen LogP contribution in [0.5, 0.6) is 5.75 Å². The van der Waals surface area contributed by atoms with E-state index in [-0.39, 0.29) is 12.4 Å². The average Bonchev–Trinajstić information content (AvgIpc) is 2.34. The number of methoxy groups -OCH3 is 1. The van der Waals surface area contributed by atoms with Gasteiger partial charge in [0.2, 0.25) is 0 Å². The Labute approximate surface area is 112 Å². The van der Waals surface area contributed by atoms with Crippen LogP contribution >= 0.6 is 15.9 Å². The van der Waals surface area contributed by atoms with E-state index in [1.165, 1.54) is 7.11 Å². The van der Waals surface area contributed by atoms with Crippen molar-refractivity contribution >= 4 is 21.9 Å². The molecular formula is C12H13BrF2O3. The predicted molar refractivity (Wildman–Crippen MR) is 66.0 cm³/mol. The summed E-state index contributed by atoms with van der Waals surface area (Å²) < 4.78 is 34.5. The lowest BCUT2D eigenvalue weighted by atomic mass is 10.1. The molecule has 3 nitrogen and oxygen atoms in total. The minimum absolute atomic E-state index is 0.179. The van der Waals surface area contributed by atoms with E-state index in [9.17, 15) is 13.6 Å². The number of esters is 1. The van der Waals surface area contributed by atoms with Gasteiger partial charge in [-0.15, -0.1) is 0 Å². The molecular weight excluding hydrogens is 310 g/mol. The van der Waals surface area contributed by atoms with Gasteiger partial charge in [-0.3, -0.25) is 4.79 Å². The van der Waals surface area contributed by atoms with Gasteiger partial charge in [-0.25, -0.2) is 8.78 Å². The van der Waals surface area contributed by atoms with Crippen LogP contribution in [0.2, 0.25) is 0 Å². The van der Waals surface area contributed by atoms with Crippen molar-refractivity contribution in [2.24, 2.45) is 0 Å². The Bertz CT molecular complexity index is 410. The molecule has 0 fully saturated rings. The molecule has 18 heavy (non-hydrogen) atoms. The zero-order valence-corrected chi connectivity index (χ0v) is 11.4. The molecule has 0 saturated heterocycles. The van der Waals surface area contributed by atoms with Crippen molar-refractivity contribution in [2.75, 3.05) is 13.7 Å². The lowest BCUT2D eigenvalue weighted by molar-refractivity contribution is -0.140. The van der Waals surface area contributed by atoms with Gasteiger partial charge in [-0.1, -0.05) is 15.9 Å². The first-order valence-corrected chi connectivity index (χ1v) is 6.08. The van der Waals surface area contributed by atoms with Crippen molar-refractivity contribution in [1.29, 1.82) is 0 Å². The van der Waals surface area contributed by atoms with Crippen molar-refractivity contribution in [3.63, 3.8) is 0 Å². The largest absolute Gasteiger partial charge is 0.487 e. The predicted octanol–water partition coefficient (Wildman–Crippen LogP) is 3.20. The molecule has 0 unspecified atom stereocenters. The van der Waals surface area contributed by atoms with Crippen molar-refractivity contribution in [2.45, 2.75) is 19.3 Å². The Hall–Kier alpha value is -1.17. The molecule has 0 amide bonds. The Morgan fingerprint density at radius 3 is 2.78 bits per heavy atom. The summed E-state index contributed by atoms with van der Waals surface area (Å²) in [5.74, 6) is 0.0113.